The van der Waals surface area contributed by atoms with E-state index >= 15 is 0 Å². The number of aliphatic hydroxyl groups is 1. The molecule has 4 nitrogen and oxygen atoms in total. The van der Waals surface area contributed by atoms with Gasteiger partial charge in [0.2, 0.25) is 0 Å². The van der Waals surface area contributed by atoms with Crippen LogP contribution < -0.4 is 9.47 Å². The summed E-state index contributed by atoms with van der Waals surface area (Å²) in [5, 5.41) is 11.1. The van der Waals surface area contributed by atoms with E-state index in [0.29, 0.717) is 23.4 Å². The number of halogens is 1. The van der Waals surface area contributed by atoms with Crippen LogP contribution in [0.5, 0.6) is 11.5 Å². The van der Waals surface area contributed by atoms with Crippen molar-refractivity contribution in [3.63, 3.8) is 0 Å². The van der Waals surface area contributed by atoms with Crippen molar-refractivity contribution in [2.45, 2.75) is 31.5 Å². The van der Waals surface area contributed by atoms with E-state index in [0.717, 1.165) is 17.9 Å². The summed E-state index contributed by atoms with van der Waals surface area (Å²) in [4.78, 5) is 2.31. The molecule has 1 unspecified atom stereocenters. The minimum atomic E-state index is -0.550. The number of aliphatic hydroxyl groups excluding tert-OH is 1. The van der Waals surface area contributed by atoms with Gasteiger partial charge < -0.3 is 14.6 Å². The molecule has 134 valence electrons. The Bertz CT molecular complexity index is 673. The van der Waals surface area contributed by atoms with Crippen molar-refractivity contribution in [2.24, 2.45) is 0 Å². The Morgan fingerprint density at radius 1 is 1.16 bits per heavy atom. The molecule has 0 bridgehead atoms. The van der Waals surface area contributed by atoms with Gasteiger partial charge in [-0.15, -0.1) is 0 Å². The van der Waals surface area contributed by atoms with Crippen molar-refractivity contribution in [3.05, 3.63) is 59.1 Å². The van der Waals surface area contributed by atoms with Crippen LogP contribution in [0.4, 0.5) is 0 Å². The van der Waals surface area contributed by atoms with Crippen molar-refractivity contribution >= 4 is 11.6 Å². The first-order valence-corrected chi connectivity index (χ1v) is 8.96. The average molecular weight is 362 g/mol. The van der Waals surface area contributed by atoms with Crippen molar-refractivity contribution < 1.29 is 14.6 Å². The van der Waals surface area contributed by atoms with Gasteiger partial charge in [0.05, 0.1) is 7.11 Å². The van der Waals surface area contributed by atoms with Crippen molar-refractivity contribution in [3.8, 4) is 11.5 Å². The number of rotatable bonds is 9. The monoisotopic (exact) mass is 361 g/mol. The van der Waals surface area contributed by atoms with Gasteiger partial charge in [-0.3, -0.25) is 4.90 Å². The molecule has 1 fully saturated rings. The molecule has 25 heavy (non-hydrogen) atoms. The van der Waals surface area contributed by atoms with E-state index in [4.69, 9.17) is 21.1 Å². The lowest BCUT2D eigenvalue weighted by atomic mass is 10.1. The second kappa shape index (κ2) is 8.56. The van der Waals surface area contributed by atoms with Crippen molar-refractivity contribution in [2.75, 3.05) is 20.3 Å². The lowest BCUT2D eigenvalue weighted by Gasteiger charge is -2.25. The maximum atomic E-state index is 10.4. The number of benzene rings is 2. The molecule has 1 saturated carbocycles. The summed E-state index contributed by atoms with van der Waals surface area (Å²) in [6.07, 6.45) is 1.81. The van der Waals surface area contributed by atoms with Crippen molar-refractivity contribution in [1.29, 1.82) is 0 Å². The molecule has 0 aliphatic heterocycles. The fourth-order valence-corrected chi connectivity index (χ4v) is 3.01. The fourth-order valence-electron chi connectivity index (χ4n) is 2.88. The first-order valence-electron chi connectivity index (χ1n) is 8.58. The quantitative estimate of drug-likeness (QED) is 0.738. The van der Waals surface area contributed by atoms with Gasteiger partial charge in [-0.1, -0.05) is 29.8 Å². The average Bonchev–Trinajstić information content (AvgIpc) is 3.46. The van der Waals surface area contributed by atoms with Crippen LogP contribution in [0.25, 0.3) is 0 Å². The Morgan fingerprint density at radius 2 is 1.88 bits per heavy atom. The first kappa shape index (κ1) is 18.1. The third-order valence-corrected chi connectivity index (χ3v) is 4.58. The lowest BCUT2D eigenvalue weighted by molar-refractivity contribution is 0.0624. The Morgan fingerprint density at radius 3 is 2.56 bits per heavy atom. The molecule has 0 spiro atoms. The highest BCUT2D eigenvalue weighted by Gasteiger charge is 2.30. The van der Waals surface area contributed by atoms with Gasteiger partial charge in [-0.25, -0.2) is 0 Å². The van der Waals surface area contributed by atoms with E-state index < -0.39 is 6.10 Å². The highest BCUT2D eigenvalue weighted by molar-refractivity contribution is 6.30. The summed E-state index contributed by atoms with van der Waals surface area (Å²) in [6, 6.07) is 15.7. The van der Waals surface area contributed by atoms with Crippen molar-refractivity contribution in [1.82, 2.24) is 4.90 Å². The van der Waals surface area contributed by atoms with E-state index in [1.54, 1.807) is 19.2 Å². The summed E-state index contributed by atoms with van der Waals surface area (Å²) < 4.78 is 11.1. The van der Waals surface area contributed by atoms with E-state index in [1.165, 1.54) is 12.8 Å². The van der Waals surface area contributed by atoms with Crippen LogP contribution in [0.3, 0.4) is 0 Å². The zero-order valence-corrected chi connectivity index (χ0v) is 15.2. The number of hydrogen-bond donors (Lipinski definition) is 1. The molecule has 0 amide bonds. The molecule has 1 N–H and O–H groups in total. The van der Waals surface area contributed by atoms with Crippen LogP contribution in [-0.2, 0) is 6.54 Å². The number of methoxy groups -OCH3 is 1. The van der Waals surface area contributed by atoms with Gasteiger partial charge in [0.25, 0.3) is 0 Å². The van der Waals surface area contributed by atoms with Crippen LogP contribution in [0, 0.1) is 0 Å². The second-order valence-electron chi connectivity index (χ2n) is 6.39. The zero-order valence-electron chi connectivity index (χ0n) is 14.4. The Balaban J connectivity index is 1.55. The van der Waals surface area contributed by atoms with Gasteiger partial charge in [0.15, 0.2) is 0 Å². The minimum absolute atomic E-state index is 0.261. The SMILES string of the molecule is COc1ccccc1CN(CC(O)COc1ccc(Cl)cc1)C1CC1. The maximum Gasteiger partial charge on any atom is 0.123 e. The molecule has 0 saturated heterocycles. The summed E-state index contributed by atoms with van der Waals surface area (Å²) in [5.74, 6) is 1.60. The zero-order chi connectivity index (χ0) is 17.6. The third-order valence-electron chi connectivity index (χ3n) is 4.33. The van der Waals surface area contributed by atoms with Gasteiger partial charge >= 0.3 is 0 Å². The normalized spacial score (nSPS) is 15.2. The molecule has 2 aromatic carbocycles. The highest BCUT2D eigenvalue weighted by Crippen LogP contribution is 2.30. The second-order valence-corrected chi connectivity index (χ2v) is 6.83. The molecular formula is C20H24ClNO3. The minimum Gasteiger partial charge on any atom is -0.496 e. The smallest absolute Gasteiger partial charge is 0.123 e. The van der Waals surface area contributed by atoms with Crippen LogP contribution in [0.15, 0.2) is 48.5 Å². The molecule has 0 aromatic heterocycles. The van der Waals surface area contributed by atoms with E-state index in [-0.39, 0.29) is 6.61 Å². The van der Waals surface area contributed by atoms with Crippen LogP contribution >= 0.6 is 11.6 Å². The topological polar surface area (TPSA) is 41.9 Å². The predicted molar refractivity (Wildman–Crippen MR) is 99.4 cm³/mol. The van der Waals surface area contributed by atoms with Crippen LogP contribution in [0.2, 0.25) is 5.02 Å². The Labute approximate surface area is 153 Å². The van der Waals surface area contributed by atoms with Gasteiger partial charge in [0, 0.05) is 29.7 Å². The molecular weight excluding hydrogens is 338 g/mol. The Kier molecular flexibility index (Phi) is 6.19. The number of hydrogen-bond acceptors (Lipinski definition) is 4. The molecule has 3 rings (SSSR count). The fraction of sp³-hybridized carbons (Fsp3) is 0.400. The summed E-state index contributed by atoms with van der Waals surface area (Å²) >= 11 is 5.86. The number of para-hydroxylation sites is 1. The lowest BCUT2D eigenvalue weighted by Crippen LogP contribution is -2.36. The number of nitrogens with zero attached hydrogens (tertiary/aromatic N) is 1. The molecule has 1 aliphatic rings. The summed E-state index contributed by atoms with van der Waals surface area (Å²) in [6.45, 7) is 1.61. The standard InChI is InChI=1S/C20H24ClNO3/c1-24-20-5-3-2-4-15(20)12-22(17-8-9-17)13-18(23)14-25-19-10-6-16(21)7-11-19/h2-7,10-11,17-18,23H,8-9,12-14H2,1H3. The first-order chi connectivity index (χ1) is 12.2. The molecule has 0 radical (unpaired) electrons. The summed E-state index contributed by atoms with van der Waals surface area (Å²) in [7, 11) is 1.69. The third kappa shape index (κ3) is 5.36. The predicted octanol–water partition coefficient (Wildman–Crippen LogP) is 3.75. The largest absolute Gasteiger partial charge is 0.496 e. The van der Waals surface area contributed by atoms with Gasteiger partial charge in [-0.2, -0.15) is 0 Å². The Hall–Kier alpha value is -1.75. The number of ether oxygens (including phenoxy) is 2. The molecule has 2 aromatic rings. The molecule has 5 heteroatoms. The highest BCUT2D eigenvalue weighted by atomic mass is 35.5. The van der Waals surface area contributed by atoms with E-state index in [9.17, 15) is 5.11 Å². The van der Waals surface area contributed by atoms with Gasteiger partial charge in [-0.05, 0) is 43.2 Å². The van der Waals surface area contributed by atoms with E-state index in [2.05, 4.69) is 11.0 Å². The maximum absolute atomic E-state index is 10.4. The van der Waals surface area contributed by atoms with Gasteiger partial charge in [0.1, 0.15) is 24.2 Å². The van der Waals surface area contributed by atoms with E-state index in [1.807, 2.05) is 30.3 Å². The van der Waals surface area contributed by atoms with Crippen LogP contribution in [-0.4, -0.2) is 42.4 Å². The van der Waals surface area contributed by atoms with Crippen LogP contribution in [0.1, 0.15) is 18.4 Å². The molecule has 1 aliphatic carbocycles. The molecule has 1 atom stereocenters. The summed E-state index contributed by atoms with van der Waals surface area (Å²) in [5.41, 5.74) is 1.14. The molecule has 0 heterocycles.